The lowest BCUT2D eigenvalue weighted by molar-refractivity contribution is -0.115. The van der Waals surface area contributed by atoms with Crippen LogP contribution in [0.3, 0.4) is 0 Å². The summed E-state index contributed by atoms with van der Waals surface area (Å²) in [6.07, 6.45) is 6.74. The van der Waals surface area contributed by atoms with Crippen LogP contribution in [0.25, 0.3) is 11.7 Å². The van der Waals surface area contributed by atoms with Gasteiger partial charge in [-0.15, -0.1) is 0 Å². The van der Waals surface area contributed by atoms with Crippen molar-refractivity contribution in [3.63, 3.8) is 0 Å². The number of carbonyl (C=O) groups excluding carboxylic acids is 2. The lowest BCUT2D eigenvalue weighted by Crippen LogP contribution is -2.47. The first-order chi connectivity index (χ1) is 18.1. The average molecular weight is 496 g/mol. The minimum atomic E-state index is -0.588. The SMILES string of the molecule is N#Cc1cccnc1N1CCN(c2nc3c(/C=C4\NC(=O)NC4=O)cnn3c(NC3CC3)c2C#N)CC1. The van der Waals surface area contributed by atoms with Gasteiger partial charge in [-0.2, -0.15) is 20.1 Å². The first-order valence-electron chi connectivity index (χ1n) is 11.8. The van der Waals surface area contributed by atoms with Crippen molar-refractivity contribution in [2.45, 2.75) is 18.9 Å². The second-order valence-corrected chi connectivity index (χ2v) is 8.95. The minimum Gasteiger partial charge on any atom is -0.366 e. The number of fused-ring (bicyclic) bond motifs is 1. The molecule has 13 nitrogen and oxygen atoms in total. The lowest BCUT2D eigenvalue weighted by Gasteiger charge is -2.36. The fourth-order valence-electron chi connectivity index (χ4n) is 4.49. The molecule has 3 aromatic heterocycles. The molecule has 1 saturated carbocycles. The van der Waals surface area contributed by atoms with Crippen molar-refractivity contribution in [1.29, 1.82) is 10.5 Å². The number of nitrogens with zero attached hydrogens (tertiary/aromatic N) is 8. The van der Waals surface area contributed by atoms with Crippen LogP contribution >= 0.6 is 0 Å². The van der Waals surface area contributed by atoms with Crippen LogP contribution in [0.15, 0.2) is 30.2 Å². The first kappa shape index (κ1) is 22.3. The maximum atomic E-state index is 12.1. The highest BCUT2D eigenvalue weighted by molar-refractivity contribution is 6.14. The molecule has 3 N–H and O–H groups in total. The van der Waals surface area contributed by atoms with Crippen molar-refractivity contribution in [2.75, 3.05) is 41.3 Å². The Morgan fingerprint density at radius 1 is 1.05 bits per heavy atom. The first-order valence-corrected chi connectivity index (χ1v) is 11.8. The van der Waals surface area contributed by atoms with E-state index in [1.54, 1.807) is 29.0 Å². The maximum Gasteiger partial charge on any atom is 0.326 e. The van der Waals surface area contributed by atoms with Gasteiger partial charge in [-0.25, -0.2) is 14.8 Å². The Balaban J connectivity index is 1.38. The summed E-state index contributed by atoms with van der Waals surface area (Å²) >= 11 is 0. The summed E-state index contributed by atoms with van der Waals surface area (Å²) in [5, 5.41) is 32.1. The number of imide groups is 1. The molecule has 0 unspecified atom stereocenters. The van der Waals surface area contributed by atoms with Crippen molar-refractivity contribution >= 4 is 41.1 Å². The van der Waals surface area contributed by atoms with E-state index in [4.69, 9.17) is 4.98 Å². The number of aromatic nitrogens is 4. The highest BCUT2D eigenvalue weighted by Crippen LogP contribution is 2.33. The van der Waals surface area contributed by atoms with Crippen molar-refractivity contribution < 1.29 is 9.59 Å². The Bertz CT molecular complexity index is 1550. The summed E-state index contributed by atoms with van der Waals surface area (Å²) in [7, 11) is 0. The third kappa shape index (κ3) is 4.02. The van der Waals surface area contributed by atoms with Crippen LogP contribution < -0.4 is 25.8 Å². The average Bonchev–Trinajstić information content (AvgIpc) is 3.56. The molecule has 3 amide bonds. The Morgan fingerprint density at radius 3 is 2.46 bits per heavy atom. The van der Waals surface area contributed by atoms with Crippen molar-refractivity contribution in [1.82, 2.24) is 30.2 Å². The van der Waals surface area contributed by atoms with Crippen LogP contribution in [0.1, 0.15) is 29.5 Å². The monoisotopic (exact) mass is 495 g/mol. The number of rotatable bonds is 5. The van der Waals surface area contributed by atoms with Crippen LogP contribution in [0.2, 0.25) is 0 Å². The van der Waals surface area contributed by atoms with E-state index >= 15 is 0 Å². The molecule has 1 aliphatic carbocycles. The number of hydrogen-bond donors (Lipinski definition) is 3. The molecule has 0 aromatic carbocycles. The molecule has 3 aliphatic rings. The zero-order chi connectivity index (χ0) is 25.5. The summed E-state index contributed by atoms with van der Waals surface area (Å²) in [6, 6.07) is 7.65. The molecule has 2 saturated heterocycles. The van der Waals surface area contributed by atoms with Gasteiger partial charge in [-0.05, 0) is 31.1 Å². The van der Waals surface area contributed by atoms with E-state index in [0.717, 1.165) is 12.8 Å². The Kier molecular flexibility index (Phi) is 5.31. The number of carbonyl (C=O) groups is 2. The van der Waals surface area contributed by atoms with Gasteiger partial charge in [0.05, 0.1) is 11.8 Å². The highest BCUT2D eigenvalue weighted by atomic mass is 16.2. The van der Waals surface area contributed by atoms with E-state index in [2.05, 4.69) is 43.1 Å². The van der Waals surface area contributed by atoms with Crippen LogP contribution in [0, 0.1) is 22.7 Å². The van der Waals surface area contributed by atoms with Gasteiger partial charge in [0.1, 0.15) is 29.2 Å². The summed E-state index contributed by atoms with van der Waals surface area (Å²) < 4.78 is 1.57. The van der Waals surface area contributed by atoms with E-state index in [1.165, 1.54) is 6.08 Å². The second-order valence-electron chi connectivity index (χ2n) is 8.95. The smallest absolute Gasteiger partial charge is 0.326 e. The molecule has 37 heavy (non-hydrogen) atoms. The van der Waals surface area contributed by atoms with Gasteiger partial charge in [0.2, 0.25) is 0 Å². The van der Waals surface area contributed by atoms with E-state index < -0.39 is 11.9 Å². The van der Waals surface area contributed by atoms with Gasteiger partial charge in [0.15, 0.2) is 17.3 Å². The zero-order valence-electron chi connectivity index (χ0n) is 19.6. The number of pyridine rings is 1. The standard InChI is InChI=1S/C24H21N11O2/c25-11-14-2-1-5-27-19(14)33-6-8-34(9-7-33)21-17(12-26)22(29-16-3-4-16)35-20(31-21)15(13-28-35)10-18-23(36)32-24(37)30-18/h1-2,5,10,13,16,29H,3-4,6-9H2,(H2,30,32,36,37)/b18-10-. The largest absolute Gasteiger partial charge is 0.366 e. The fraction of sp³-hybridized carbons (Fsp3) is 0.292. The molecule has 0 bridgehead atoms. The van der Waals surface area contributed by atoms with Gasteiger partial charge >= 0.3 is 6.03 Å². The molecule has 3 aromatic rings. The molecule has 6 rings (SSSR count). The summed E-state index contributed by atoms with van der Waals surface area (Å²) in [5.74, 6) is 1.18. The Morgan fingerprint density at radius 2 is 1.81 bits per heavy atom. The third-order valence-electron chi connectivity index (χ3n) is 6.49. The van der Waals surface area contributed by atoms with Crippen molar-refractivity contribution in [3.8, 4) is 12.1 Å². The molecule has 13 heteroatoms. The van der Waals surface area contributed by atoms with Gasteiger partial charge in [0, 0.05) is 44.0 Å². The van der Waals surface area contributed by atoms with Crippen molar-refractivity contribution in [3.05, 3.63) is 46.9 Å². The van der Waals surface area contributed by atoms with Gasteiger partial charge < -0.3 is 20.4 Å². The lowest BCUT2D eigenvalue weighted by atomic mass is 10.2. The number of anilines is 3. The Hall–Kier alpha value is -5.17. The topological polar surface area (TPSA) is 167 Å². The molecular weight excluding hydrogens is 474 g/mol. The number of nitrogens with one attached hydrogen (secondary N) is 3. The fourth-order valence-corrected chi connectivity index (χ4v) is 4.49. The number of nitriles is 2. The maximum absolute atomic E-state index is 12.1. The van der Waals surface area contributed by atoms with Crippen LogP contribution in [-0.2, 0) is 4.79 Å². The van der Waals surface area contributed by atoms with E-state index in [9.17, 15) is 20.1 Å². The van der Waals surface area contributed by atoms with E-state index in [1.807, 2.05) is 4.90 Å². The molecule has 2 aliphatic heterocycles. The van der Waals surface area contributed by atoms with Crippen LogP contribution in [0.4, 0.5) is 22.2 Å². The van der Waals surface area contributed by atoms with Crippen LogP contribution in [0.5, 0.6) is 0 Å². The molecule has 184 valence electrons. The Labute approximate surface area is 211 Å². The molecule has 0 atom stereocenters. The molecule has 5 heterocycles. The van der Waals surface area contributed by atoms with E-state index in [-0.39, 0.29) is 11.7 Å². The van der Waals surface area contributed by atoms with Crippen LogP contribution in [-0.4, -0.2) is 63.7 Å². The molecule has 3 fully saturated rings. The predicted molar refractivity (Wildman–Crippen MR) is 132 cm³/mol. The molecular formula is C24H21N11O2. The molecule has 0 radical (unpaired) electrons. The quantitative estimate of drug-likeness (QED) is 0.342. The van der Waals surface area contributed by atoms with Gasteiger partial charge in [-0.1, -0.05) is 0 Å². The minimum absolute atomic E-state index is 0.0987. The normalized spacial score (nSPS) is 18.5. The van der Waals surface area contributed by atoms with Gasteiger partial charge in [0.25, 0.3) is 5.91 Å². The van der Waals surface area contributed by atoms with E-state index in [0.29, 0.717) is 66.0 Å². The summed E-state index contributed by atoms with van der Waals surface area (Å²) in [6.45, 7) is 2.31. The van der Waals surface area contributed by atoms with Crippen molar-refractivity contribution in [2.24, 2.45) is 0 Å². The molecule has 0 spiro atoms. The van der Waals surface area contributed by atoms with Gasteiger partial charge in [-0.3, -0.25) is 10.1 Å². The number of piperazine rings is 1. The predicted octanol–water partition coefficient (Wildman–Crippen LogP) is 0.949. The highest BCUT2D eigenvalue weighted by Gasteiger charge is 2.30. The summed E-state index contributed by atoms with van der Waals surface area (Å²) in [4.78, 5) is 36.9. The number of hydrogen-bond acceptors (Lipinski definition) is 10. The second kappa shape index (κ2) is 8.80. The number of amides is 3. The zero-order valence-corrected chi connectivity index (χ0v) is 19.6. The number of urea groups is 1. The third-order valence-corrected chi connectivity index (χ3v) is 6.49. The summed E-state index contributed by atoms with van der Waals surface area (Å²) in [5.41, 5.74) is 1.99.